The van der Waals surface area contributed by atoms with Gasteiger partial charge in [-0.3, -0.25) is 9.59 Å². The highest BCUT2D eigenvalue weighted by Gasteiger charge is 2.25. The molecule has 8 nitrogen and oxygen atoms in total. The number of carbonyl (C=O) groups is 3. The zero-order valence-corrected chi connectivity index (χ0v) is 11.5. The summed E-state index contributed by atoms with van der Waals surface area (Å²) in [5, 5.41) is 11.3. The van der Waals surface area contributed by atoms with Crippen molar-refractivity contribution in [3.63, 3.8) is 0 Å². The molecule has 0 heterocycles. The van der Waals surface area contributed by atoms with Crippen molar-refractivity contribution in [1.29, 1.82) is 0 Å². The second-order valence-electron chi connectivity index (χ2n) is 4.16. The average Bonchev–Trinajstić information content (AvgIpc) is 2.40. The first kappa shape index (κ1) is 17.9. The number of amides is 1. The summed E-state index contributed by atoms with van der Waals surface area (Å²) in [5.41, 5.74) is 8.17. The van der Waals surface area contributed by atoms with Crippen molar-refractivity contribution in [3.05, 3.63) is 5.53 Å². The number of aliphatic carboxylic acids is 1. The van der Waals surface area contributed by atoms with Gasteiger partial charge >= 0.3 is 12.2 Å². The third-order valence-electron chi connectivity index (χ3n) is 2.62. The molecule has 0 fully saturated rings. The lowest BCUT2D eigenvalue weighted by Gasteiger charge is -2.18. The molecule has 0 spiro atoms. The molecule has 0 saturated heterocycles. The van der Waals surface area contributed by atoms with Crippen LogP contribution in [0.25, 0.3) is 5.53 Å². The minimum absolute atomic E-state index is 0.0888. The van der Waals surface area contributed by atoms with Crippen LogP contribution < -0.4 is 5.32 Å². The molecule has 0 radical (unpaired) electrons. The van der Waals surface area contributed by atoms with Crippen molar-refractivity contribution in [2.75, 3.05) is 7.11 Å². The van der Waals surface area contributed by atoms with Crippen LogP contribution in [0.3, 0.4) is 0 Å². The lowest BCUT2D eigenvalue weighted by atomic mass is 10.1. The highest BCUT2D eigenvalue weighted by molar-refractivity contribution is 6.25. The molecule has 0 aromatic carbocycles. The third-order valence-corrected chi connectivity index (χ3v) is 2.62. The van der Waals surface area contributed by atoms with E-state index in [4.69, 9.17) is 15.4 Å². The number of carbonyl (C=O) groups excluding carboxylic acids is 2. The van der Waals surface area contributed by atoms with Gasteiger partial charge in [-0.2, -0.15) is 4.79 Å². The second kappa shape index (κ2) is 9.82. The summed E-state index contributed by atoms with van der Waals surface area (Å²) in [6, 6.07) is -1.19. The Morgan fingerprint density at radius 1 is 1.40 bits per heavy atom. The van der Waals surface area contributed by atoms with Gasteiger partial charge in [0, 0.05) is 13.5 Å². The van der Waals surface area contributed by atoms with Crippen LogP contribution in [0, 0.1) is 0 Å². The van der Waals surface area contributed by atoms with Gasteiger partial charge < -0.3 is 20.7 Å². The predicted octanol–water partition coefficient (Wildman–Crippen LogP) is 0.0208. The summed E-state index contributed by atoms with van der Waals surface area (Å²) in [6.45, 7) is 1.88. The first-order chi connectivity index (χ1) is 9.46. The van der Waals surface area contributed by atoms with E-state index in [1.807, 2.05) is 6.92 Å². The van der Waals surface area contributed by atoms with Crippen molar-refractivity contribution < 1.29 is 29.0 Å². The summed E-state index contributed by atoms with van der Waals surface area (Å²) in [4.78, 5) is 36.5. The number of carboxylic acid groups (broad SMARTS) is 1. The van der Waals surface area contributed by atoms with Crippen LogP contribution in [-0.2, 0) is 19.1 Å². The van der Waals surface area contributed by atoms with Gasteiger partial charge in [0.1, 0.15) is 12.1 Å². The number of methoxy groups -OCH3 is 1. The topological polar surface area (TPSA) is 129 Å². The molecule has 0 rings (SSSR count). The van der Waals surface area contributed by atoms with Crippen molar-refractivity contribution in [2.24, 2.45) is 0 Å². The molecule has 20 heavy (non-hydrogen) atoms. The summed E-state index contributed by atoms with van der Waals surface area (Å²) in [6.07, 6.45) is 0.938. The SMILES string of the molecule is CCC[C@H](OC)C(=O)N[C@@H](CCC(=O)C=[N+]=[N-])C(=O)O. The molecule has 112 valence electrons. The van der Waals surface area contributed by atoms with E-state index in [-0.39, 0.29) is 12.8 Å². The van der Waals surface area contributed by atoms with Gasteiger partial charge in [0.05, 0.1) is 0 Å². The Labute approximate surface area is 116 Å². The maximum atomic E-state index is 11.8. The lowest BCUT2D eigenvalue weighted by Crippen LogP contribution is -2.46. The maximum absolute atomic E-state index is 11.8. The van der Waals surface area contributed by atoms with Gasteiger partial charge in [-0.25, -0.2) is 4.79 Å². The number of rotatable bonds is 10. The van der Waals surface area contributed by atoms with Crippen LogP contribution in [0.15, 0.2) is 0 Å². The van der Waals surface area contributed by atoms with E-state index in [0.29, 0.717) is 12.6 Å². The summed E-state index contributed by atoms with van der Waals surface area (Å²) >= 11 is 0. The Kier molecular flexibility index (Phi) is 8.82. The second-order valence-corrected chi connectivity index (χ2v) is 4.16. The minimum Gasteiger partial charge on any atom is -0.480 e. The van der Waals surface area contributed by atoms with Crippen LogP contribution in [-0.4, -0.2) is 53.0 Å². The molecular formula is C12H19N3O5. The Morgan fingerprint density at radius 2 is 2.05 bits per heavy atom. The van der Waals surface area contributed by atoms with Gasteiger partial charge in [-0.15, -0.1) is 0 Å². The fraction of sp³-hybridized carbons (Fsp3) is 0.667. The van der Waals surface area contributed by atoms with E-state index in [2.05, 4.69) is 10.1 Å². The van der Waals surface area contributed by atoms with Gasteiger partial charge in [-0.1, -0.05) is 13.3 Å². The van der Waals surface area contributed by atoms with E-state index in [1.54, 1.807) is 0 Å². The van der Waals surface area contributed by atoms with E-state index in [1.165, 1.54) is 7.11 Å². The monoisotopic (exact) mass is 285 g/mol. The predicted molar refractivity (Wildman–Crippen MR) is 69.2 cm³/mol. The molecule has 0 aromatic heterocycles. The van der Waals surface area contributed by atoms with Gasteiger partial charge in [-0.05, 0) is 12.8 Å². The molecule has 0 saturated carbocycles. The maximum Gasteiger partial charge on any atom is 0.326 e. The van der Waals surface area contributed by atoms with E-state index < -0.39 is 29.8 Å². The summed E-state index contributed by atoms with van der Waals surface area (Å²) in [7, 11) is 1.37. The van der Waals surface area contributed by atoms with Crippen molar-refractivity contribution in [3.8, 4) is 0 Å². The lowest BCUT2D eigenvalue weighted by molar-refractivity contribution is -0.144. The Hall–Kier alpha value is -2.05. The van der Waals surface area contributed by atoms with Gasteiger partial charge in [0.25, 0.3) is 0 Å². The molecule has 1 amide bonds. The van der Waals surface area contributed by atoms with Crippen molar-refractivity contribution in [1.82, 2.24) is 5.32 Å². The highest BCUT2D eigenvalue weighted by atomic mass is 16.5. The molecule has 0 aliphatic carbocycles. The normalized spacial score (nSPS) is 12.9. The molecule has 2 N–H and O–H groups in total. The van der Waals surface area contributed by atoms with Crippen molar-refractivity contribution in [2.45, 2.75) is 44.8 Å². The third kappa shape index (κ3) is 6.77. The fourth-order valence-electron chi connectivity index (χ4n) is 1.56. The quantitative estimate of drug-likeness (QED) is 0.332. The number of hydrogen-bond acceptors (Lipinski definition) is 4. The number of ether oxygens (including phenoxy) is 1. The number of carboxylic acids is 1. The molecule has 0 bridgehead atoms. The number of nitrogens with zero attached hydrogens (tertiary/aromatic N) is 2. The van der Waals surface area contributed by atoms with E-state index in [9.17, 15) is 14.4 Å². The highest BCUT2D eigenvalue weighted by Crippen LogP contribution is 2.04. The fourth-order valence-corrected chi connectivity index (χ4v) is 1.56. The molecule has 8 heteroatoms. The molecular weight excluding hydrogens is 266 g/mol. The van der Waals surface area contributed by atoms with Crippen LogP contribution in [0.5, 0.6) is 0 Å². The summed E-state index contributed by atoms with van der Waals surface area (Å²) < 4.78 is 4.97. The molecule has 0 aliphatic rings. The largest absolute Gasteiger partial charge is 0.480 e. The molecule has 2 atom stereocenters. The zero-order chi connectivity index (χ0) is 15.5. The Bertz CT molecular complexity index is 404. The average molecular weight is 285 g/mol. The van der Waals surface area contributed by atoms with E-state index >= 15 is 0 Å². The van der Waals surface area contributed by atoms with E-state index in [0.717, 1.165) is 6.42 Å². The van der Waals surface area contributed by atoms with Crippen LogP contribution in [0.2, 0.25) is 0 Å². The molecule has 0 aromatic rings. The molecule has 0 unspecified atom stereocenters. The molecule has 0 aliphatic heterocycles. The van der Waals surface area contributed by atoms with Crippen LogP contribution in [0.4, 0.5) is 0 Å². The van der Waals surface area contributed by atoms with Gasteiger partial charge in [0.2, 0.25) is 11.7 Å². The first-order valence-corrected chi connectivity index (χ1v) is 6.22. The number of hydrogen-bond donors (Lipinski definition) is 2. The van der Waals surface area contributed by atoms with Gasteiger partial charge in [0.15, 0.2) is 0 Å². The minimum atomic E-state index is -1.24. The standard InChI is InChI=1S/C12H19N3O5/c1-3-4-10(20-2)11(17)15-9(12(18)19)6-5-8(16)7-14-13/h7,9-10H,3-6H2,1-2H3,(H,15,17)(H,18,19)/t9-,10-/m0/s1. The van der Waals surface area contributed by atoms with Crippen LogP contribution in [0.1, 0.15) is 32.6 Å². The first-order valence-electron chi connectivity index (χ1n) is 6.22. The van der Waals surface area contributed by atoms with Crippen molar-refractivity contribution >= 4 is 23.9 Å². The number of ketones is 1. The smallest absolute Gasteiger partial charge is 0.326 e. The number of nitrogens with one attached hydrogen (secondary N) is 1. The Morgan fingerprint density at radius 3 is 2.50 bits per heavy atom. The summed E-state index contributed by atoms with van der Waals surface area (Å²) in [5.74, 6) is -2.28. The Balaban J connectivity index is 4.53. The number of Topliss-reactive ketones (excluding diaryl/α,β-unsaturated/α-hetero) is 1. The zero-order valence-electron chi connectivity index (χ0n) is 11.5. The van der Waals surface area contributed by atoms with Crippen LogP contribution >= 0.6 is 0 Å².